The number of rotatable bonds is 9. The number of hydrogen-bond donors (Lipinski definition) is 2. The van der Waals surface area contributed by atoms with Gasteiger partial charge in [-0.2, -0.15) is 0 Å². The Morgan fingerprint density at radius 2 is 1.85 bits per heavy atom. The van der Waals surface area contributed by atoms with E-state index in [4.69, 9.17) is 9.47 Å². The second-order valence-corrected chi connectivity index (χ2v) is 6.76. The van der Waals surface area contributed by atoms with Gasteiger partial charge in [0.25, 0.3) is 0 Å². The summed E-state index contributed by atoms with van der Waals surface area (Å²) in [4.78, 5) is 12.1. The second kappa shape index (κ2) is 10.2. The number of halogens is 1. The Morgan fingerprint density at radius 3 is 2.54 bits per heavy atom. The molecule has 26 heavy (non-hydrogen) atoms. The number of carbonyl (C=O) groups is 1. The van der Waals surface area contributed by atoms with E-state index < -0.39 is 0 Å². The maximum Gasteiger partial charge on any atom is 0.233 e. The van der Waals surface area contributed by atoms with Crippen molar-refractivity contribution >= 4 is 21.8 Å². The number of para-hydroxylation sites is 1. The molecule has 2 aromatic rings. The number of ether oxygens (including phenoxy) is 2. The van der Waals surface area contributed by atoms with Gasteiger partial charge in [0.15, 0.2) is 0 Å². The lowest BCUT2D eigenvalue weighted by Gasteiger charge is -2.15. The zero-order valence-electron chi connectivity index (χ0n) is 15.3. The van der Waals surface area contributed by atoms with Crippen LogP contribution in [-0.4, -0.2) is 33.2 Å². The molecule has 0 unspecified atom stereocenters. The highest BCUT2D eigenvalue weighted by molar-refractivity contribution is 9.10. The molecule has 0 aliphatic heterocycles. The zero-order valence-corrected chi connectivity index (χ0v) is 16.9. The van der Waals surface area contributed by atoms with E-state index in [0.717, 1.165) is 33.5 Å². The Labute approximate surface area is 163 Å². The first-order chi connectivity index (χ1) is 12.5. The van der Waals surface area contributed by atoms with E-state index in [9.17, 15) is 4.79 Å². The van der Waals surface area contributed by atoms with Gasteiger partial charge in [0.2, 0.25) is 5.91 Å². The molecule has 5 nitrogen and oxygen atoms in total. The summed E-state index contributed by atoms with van der Waals surface area (Å²) in [5, 5.41) is 6.17. The van der Waals surface area contributed by atoms with Crippen LogP contribution in [0.5, 0.6) is 11.5 Å². The van der Waals surface area contributed by atoms with E-state index >= 15 is 0 Å². The van der Waals surface area contributed by atoms with Crippen molar-refractivity contribution in [2.45, 2.75) is 19.4 Å². The second-order valence-electron chi connectivity index (χ2n) is 5.91. The lowest BCUT2D eigenvalue weighted by atomic mass is 10.1. The molecule has 0 bridgehead atoms. The number of amides is 1. The summed E-state index contributed by atoms with van der Waals surface area (Å²) in [6.07, 6.45) is 0.733. The normalized spacial score (nSPS) is 11.7. The van der Waals surface area contributed by atoms with E-state index in [1.165, 1.54) is 0 Å². The molecule has 6 heteroatoms. The molecule has 2 rings (SSSR count). The third kappa shape index (κ3) is 5.75. The van der Waals surface area contributed by atoms with Gasteiger partial charge in [-0.3, -0.25) is 4.79 Å². The zero-order chi connectivity index (χ0) is 18.9. The van der Waals surface area contributed by atoms with Crippen molar-refractivity contribution in [2.75, 3.05) is 27.3 Å². The van der Waals surface area contributed by atoms with Crippen molar-refractivity contribution in [1.82, 2.24) is 10.6 Å². The maximum atomic E-state index is 12.1. The van der Waals surface area contributed by atoms with Crippen molar-refractivity contribution in [3.63, 3.8) is 0 Å². The quantitative estimate of drug-likeness (QED) is 0.651. The van der Waals surface area contributed by atoms with Crippen LogP contribution in [0, 0.1) is 0 Å². The summed E-state index contributed by atoms with van der Waals surface area (Å²) in [5.74, 6) is 1.60. The topological polar surface area (TPSA) is 59.6 Å². The molecule has 140 valence electrons. The Kier molecular flexibility index (Phi) is 7.94. The van der Waals surface area contributed by atoms with E-state index in [2.05, 4.69) is 26.6 Å². The fourth-order valence-corrected chi connectivity index (χ4v) is 3.18. The van der Waals surface area contributed by atoms with Gasteiger partial charge >= 0.3 is 0 Å². The Balaban J connectivity index is 1.77. The third-order valence-corrected chi connectivity index (χ3v) is 4.77. The SMILES string of the molecule is COc1ccc([C@@H](C)NCC(=O)NCCc2ccccc2OC)cc1Br. The number of carbonyl (C=O) groups excluding carboxylic acids is 1. The first-order valence-electron chi connectivity index (χ1n) is 8.50. The minimum absolute atomic E-state index is 0.0284. The molecule has 1 atom stereocenters. The first-order valence-corrected chi connectivity index (χ1v) is 9.30. The van der Waals surface area contributed by atoms with Crippen LogP contribution in [0.4, 0.5) is 0 Å². The van der Waals surface area contributed by atoms with E-state index in [1.54, 1.807) is 14.2 Å². The average Bonchev–Trinajstić information content (AvgIpc) is 2.66. The van der Waals surface area contributed by atoms with Crippen molar-refractivity contribution in [2.24, 2.45) is 0 Å². The van der Waals surface area contributed by atoms with Gasteiger partial charge in [-0.05, 0) is 58.6 Å². The summed E-state index contributed by atoms with van der Waals surface area (Å²) < 4.78 is 11.4. The van der Waals surface area contributed by atoms with Gasteiger partial charge in [-0.15, -0.1) is 0 Å². The van der Waals surface area contributed by atoms with Gasteiger partial charge in [-0.1, -0.05) is 24.3 Å². The van der Waals surface area contributed by atoms with Crippen molar-refractivity contribution in [3.05, 3.63) is 58.1 Å². The standard InChI is InChI=1S/C20H25BrN2O3/c1-14(16-8-9-19(26-3)17(21)12-16)23-13-20(24)22-11-10-15-6-4-5-7-18(15)25-2/h4-9,12,14,23H,10-11,13H2,1-3H3,(H,22,24)/t14-/m1/s1. The van der Waals surface area contributed by atoms with Crippen molar-refractivity contribution in [1.29, 1.82) is 0 Å². The first kappa shape index (κ1) is 20.3. The number of benzene rings is 2. The van der Waals surface area contributed by atoms with Crippen LogP contribution in [0.15, 0.2) is 46.9 Å². The number of nitrogens with one attached hydrogen (secondary N) is 2. The monoisotopic (exact) mass is 420 g/mol. The van der Waals surface area contributed by atoms with E-state index in [-0.39, 0.29) is 18.5 Å². The smallest absolute Gasteiger partial charge is 0.233 e. The average molecular weight is 421 g/mol. The van der Waals surface area contributed by atoms with Crippen molar-refractivity contribution < 1.29 is 14.3 Å². The van der Waals surface area contributed by atoms with Crippen LogP contribution in [0.25, 0.3) is 0 Å². The van der Waals surface area contributed by atoms with Crippen LogP contribution in [0.1, 0.15) is 24.1 Å². The van der Waals surface area contributed by atoms with E-state index in [1.807, 2.05) is 49.4 Å². The molecule has 2 aromatic carbocycles. The highest BCUT2D eigenvalue weighted by Gasteiger charge is 2.10. The molecule has 2 N–H and O–H groups in total. The van der Waals surface area contributed by atoms with Gasteiger partial charge in [0, 0.05) is 12.6 Å². The van der Waals surface area contributed by atoms with Crippen LogP contribution in [0.2, 0.25) is 0 Å². The van der Waals surface area contributed by atoms with Gasteiger partial charge < -0.3 is 20.1 Å². The lowest BCUT2D eigenvalue weighted by molar-refractivity contribution is -0.120. The molecule has 0 fully saturated rings. The van der Waals surface area contributed by atoms with E-state index in [0.29, 0.717) is 6.54 Å². The molecule has 0 aliphatic rings. The Bertz CT molecular complexity index is 737. The molecule has 0 saturated heterocycles. The van der Waals surface area contributed by atoms with Crippen molar-refractivity contribution in [3.8, 4) is 11.5 Å². The fraction of sp³-hybridized carbons (Fsp3) is 0.350. The summed E-state index contributed by atoms with van der Waals surface area (Å²) in [6, 6.07) is 13.8. The molecule has 0 saturated carbocycles. The summed E-state index contributed by atoms with van der Waals surface area (Å²) in [7, 11) is 3.29. The molecule has 0 aliphatic carbocycles. The molecular weight excluding hydrogens is 396 g/mol. The predicted molar refractivity (Wildman–Crippen MR) is 107 cm³/mol. The van der Waals surface area contributed by atoms with Gasteiger partial charge in [0.1, 0.15) is 11.5 Å². The molecular formula is C20H25BrN2O3. The summed E-state index contributed by atoms with van der Waals surface area (Å²) in [5.41, 5.74) is 2.17. The molecule has 0 spiro atoms. The van der Waals surface area contributed by atoms with Gasteiger partial charge in [0.05, 0.1) is 25.2 Å². The summed E-state index contributed by atoms with van der Waals surface area (Å²) >= 11 is 3.48. The lowest BCUT2D eigenvalue weighted by Crippen LogP contribution is -2.36. The number of hydrogen-bond acceptors (Lipinski definition) is 4. The minimum atomic E-state index is -0.0284. The maximum absolute atomic E-state index is 12.1. The van der Waals surface area contributed by atoms with Crippen LogP contribution < -0.4 is 20.1 Å². The summed E-state index contributed by atoms with van der Waals surface area (Å²) in [6.45, 7) is 2.86. The third-order valence-electron chi connectivity index (χ3n) is 4.15. The fourth-order valence-electron chi connectivity index (χ4n) is 2.62. The highest BCUT2D eigenvalue weighted by atomic mass is 79.9. The minimum Gasteiger partial charge on any atom is -0.496 e. The Hall–Kier alpha value is -2.05. The van der Waals surface area contributed by atoms with Gasteiger partial charge in [-0.25, -0.2) is 0 Å². The molecule has 1 amide bonds. The largest absolute Gasteiger partial charge is 0.496 e. The molecule has 0 radical (unpaired) electrons. The van der Waals surface area contributed by atoms with Crippen LogP contribution >= 0.6 is 15.9 Å². The Morgan fingerprint density at radius 1 is 1.12 bits per heavy atom. The van der Waals surface area contributed by atoms with Crippen LogP contribution in [-0.2, 0) is 11.2 Å². The van der Waals surface area contributed by atoms with Crippen LogP contribution in [0.3, 0.4) is 0 Å². The predicted octanol–water partition coefficient (Wildman–Crippen LogP) is 3.48. The molecule has 0 heterocycles. The molecule has 0 aromatic heterocycles. The highest BCUT2D eigenvalue weighted by Crippen LogP contribution is 2.27. The number of methoxy groups -OCH3 is 2.